The fourth-order valence-electron chi connectivity index (χ4n) is 4.99. The minimum atomic E-state index is 0.0242. The fraction of sp³-hybridized carbons (Fsp3) is 0.375. The van der Waals surface area contributed by atoms with Crippen molar-refractivity contribution in [1.82, 2.24) is 19.4 Å². The molecule has 160 valence electrons. The lowest BCUT2D eigenvalue weighted by Gasteiger charge is -2.43. The predicted molar refractivity (Wildman–Crippen MR) is 116 cm³/mol. The van der Waals surface area contributed by atoms with Crippen LogP contribution in [0.1, 0.15) is 39.5 Å². The van der Waals surface area contributed by atoms with Gasteiger partial charge in [-0.3, -0.25) is 19.5 Å². The highest BCUT2D eigenvalue weighted by atomic mass is 16.3. The first-order valence-corrected chi connectivity index (χ1v) is 10.7. The standard InChI is InChI=1S/C24H26N4O3/c1-26(11-17-6-8-31-16-17)14-20-4-5-22-21-9-18(13-28(22)24(20)30)12-27(15-21)23(29)19-3-2-7-25-10-19/h2-8,10,16,18,21H,9,11-15H2,1H3/t18-,21+/m0/s1. The number of fused-ring (bicyclic) bond motifs is 4. The summed E-state index contributed by atoms with van der Waals surface area (Å²) in [5, 5.41) is 0. The number of pyridine rings is 2. The van der Waals surface area contributed by atoms with Crippen molar-refractivity contribution in [3.63, 3.8) is 0 Å². The average Bonchev–Trinajstić information content (AvgIpc) is 3.29. The molecular formula is C24H26N4O3. The number of amides is 1. The summed E-state index contributed by atoms with van der Waals surface area (Å²) in [5.41, 5.74) is 3.66. The Morgan fingerprint density at radius 2 is 2.10 bits per heavy atom. The summed E-state index contributed by atoms with van der Waals surface area (Å²) in [7, 11) is 2.01. The van der Waals surface area contributed by atoms with Crippen molar-refractivity contribution in [3.05, 3.63) is 88.0 Å². The second-order valence-corrected chi connectivity index (χ2v) is 8.75. The Labute approximate surface area is 180 Å². The minimum Gasteiger partial charge on any atom is -0.472 e. The van der Waals surface area contributed by atoms with Gasteiger partial charge in [-0.1, -0.05) is 6.07 Å². The maximum Gasteiger partial charge on any atom is 0.255 e. The zero-order valence-corrected chi connectivity index (χ0v) is 17.6. The molecule has 1 amide bonds. The van der Waals surface area contributed by atoms with E-state index in [4.69, 9.17) is 4.42 Å². The fourth-order valence-corrected chi connectivity index (χ4v) is 4.99. The van der Waals surface area contributed by atoms with E-state index < -0.39 is 0 Å². The number of hydrogen-bond acceptors (Lipinski definition) is 5. The number of likely N-dealkylation sites (tertiary alicyclic amines) is 1. The maximum atomic E-state index is 13.2. The van der Waals surface area contributed by atoms with Crippen molar-refractivity contribution < 1.29 is 9.21 Å². The lowest BCUT2D eigenvalue weighted by Crippen LogP contribution is -2.49. The van der Waals surface area contributed by atoms with E-state index in [-0.39, 0.29) is 17.4 Å². The summed E-state index contributed by atoms with van der Waals surface area (Å²) >= 11 is 0. The Kier molecular flexibility index (Phi) is 5.19. The van der Waals surface area contributed by atoms with E-state index in [1.165, 1.54) is 0 Å². The van der Waals surface area contributed by atoms with Gasteiger partial charge in [-0.25, -0.2) is 0 Å². The van der Waals surface area contributed by atoms with E-state index in [0.29, 0.717) is 37.7 Å². The van der Waals surface area contributed by atoms with E-state index in [9.17, 15) is 9.59 Å². The molecule has 0 aromatic carbocycles. The van der Waals surface area contributed by atoms with Crippen LogP contribution in [-0.2, 0) is 19.6 Å². The Bertz CT molecular complexity index is 1120. The first-order chi connectivity index (χ1) is 15.1. The van der Waals surface area contributed by atoms with Crippen LogP contribution in [0, 0.1) is 5.92 Å². The maximum absolute atomic E-state index is 13.2. The summed E-state index contributed by atoms with van der Waals surface area (Å²) in [6.45, 7) is 3.31. The smallest absolute Gasteiger partial charge is 0.255 e. The van der Waals surface area contributed by atoms with Gasteiger partial charge in [0.05, 0.1) is 18.1 Å². The Balaban J connectivity index is 1.34. The van der Waals surface area contributed by atoms with E-state index in [0.717, 1.165) is 29.8 Å². The molecule has 1 saturated heterocycles. The molecule has 2 aliphatic heterocycles. The van der Waals surface area contributed by atoms with Crippen LogP contribution in [0.25, 0.3) is 0 Å². The SMILES string of the molecule is CN(Cc1ccoc1)Cc1ccc2n(c1=O)C[C@H]1C[C@@H]2CN(C(=O)c2cccnc2)C1. The van der Waals surface area contributed by atoms with Crippen molar-refractivity contribution in [3.8, 4) is 0 Å². The lowest BCUT2D eigenvalue weighted by molar-refractivity contribution is 0.0593. The number of carbonyl (C=O) groups is 1. The monoisotopic (exact) mass is 418 g/mol. The zero-order chi connectivity index (χ0) is 21.4. The van der Waals surface area contributed by atoms with Gasteiger partial charge in [-0.2, -0.15) is 0 Å². The average molecular weight is 418 g/mol. The summed E-state index contributed by atoms with van der Waals surface area (Å²) in [4.78, 5) is 34.3. The molecule has 1 fully saturated rings. The molecule has 3 aromatic heterocycles. The zero-order valence-electron chi connectivity index (χ0n) is 17.6. The van der Waals surface area contributed by atoms with Crippen LogP contribution in [0.5, 0.6) is 0 Å². The molecule has 0 N–H and O–H groups in total. The number of aromatic nitrogens is 2. The van der Waals surface area contributed by atoms with Crippen molar-refractivity contribution in [2.45, 2.75) is 32.0 Å². The third kappa shape index (κ3) is 3.93. The van der Waals surface area contributed by atoms with Gasteiger partial charge in [0, 0.05) is 67.9 Å². The van der Waals surface area contributed by atoms with Gasteiger partial charge >= 0.3 is 0 Å². The first-order valence-electron chi connectivity index (χ1n) is 10.7. The summed E-state index contributed by atoms with van der Waals surface area (Å²) < 4.78 is 7.09. The quantitative estimate of drug-likeness (QED) is 0.637. The molecule has 0 unspecified atom stereocenters. The van der Waals surface area contributed by atoms with E-state index >= 15 is 0 Å². The number of hydrogen-bond donors (Lipinski definition) is 0. The number of furan rings is 1. The van der Waals surface area contributed by atoms with Crippen LogP contribution in [0.2, 0.25) is 0 Å². The molecule has 31 heavy (non-hydrogen) atoms. The highest BCUT2D eigenvalue weighted by Crippen LogP contribution is 2.35. The van der Waals surface area contributed by atoms with Gasteiger partial charge in [0.1, 0.15) is 0 Å². The van der Waals surface area contributed by atoms with Gasteiger partial charge in [0.25, 0.3) is 11.5 Å². The molecule has 7 nitrogen and oxygen atoms in total. The van der Waals surface area contributed by atoms with Crippen LogP contribution in [-0.4, -0.2) is 45.4 Å². The number of nitrogens with zero attached hydrogens (tertiary/aromatic N) is 4. The Morgan fingerprint density at radius 1 is 1.19 bits per heavy atom. The van der Waals surface area contributed by atoms with Gasteiger partial charge in [0.2, 0.25) is 0 Å². The molecule has 2 aliphatic rings. The molecule has 5 heterocycles. The molecule has 0 saturated carbocycles. The second kappa shape index (κ2) is 8.15. The Morgan fingerprint density at radius 3 is 2.87 bits per heavy atom. The van der Waals surface area contributed by atoms with Crippen LogP contribution < -0.4 is 5.56 Å². The summed E-state index contributed by atoms with van der Waals surface area (Å²) in [6.07, 6.45) is 7.72. The highest BCUT2D eigenvalue weighted by Gasteiger charge is 2.37. The van der Waals surface area contributed by atoms with Gasteiger partial charge in [-0.05, 0) is 43.7 Å². The topological polar surface area (TPSA) is 71.6 Å². The van der Waals surface area contributed by atoms with Gasteiger partial charge in [-0.15, -0.1) is 0 Å². The van der Waals surface area contributed by atoms with Crippen LogP contribution in [0.15, 0.2) is 64.5 Å². The number of carbonyl (C=O) groups excluding carboxylic acids is 1. The van der Waals surface area contributed by atoms with E-state index in [1.807, 2.05) is 34.7 Å². The Hall–Kier alpha value is -3.19. The van der Waals surface area contributed by atoms with Crippen LogP contribution >= 0.6 is 0 Å². The van der Waals surface area contributed by atoms with Crippen LogP contribution in [0.4, 0.5) is 0 Å². The van der Waals surface area contributed by atoms with Crippen molar-refractivity contribution in [2.75, 3.05) is 20.1 Å². The summed E-state index contributed by atoms with van der Waals surface area (Å²) in [6, 6.07) is 9.59. The molecular weight excluding hydrogens is 392 g/mol. The summed E-state index contributed by atoms with van der Waals surface area (Å²) in [5.74, 6) is 0.512. The van der Waals surface area contributed by atoms with E-state index in [2.05, 4.69) is 16.0 Å². The molecule has 2 bridgehead atoms. The molecule has 0 spiro atoms. The lowest BCUT2D eigenvalue weighted by atomic mass is 9.82. The predicted octanol–water partition coefficient (Wildman–Crippen LogP) is 2.73. The molecule has 3 aromatic rings. The molecule has 0 radical (unpaired) electrons. The first kappa shape index (κ1) is 19.8. The van der Waals surface area contributed by atoms with E-state index in [1.54, 1.807) is 31.0 Å². The van der Waals surface area contributed by atoms with Crippen LogP contribution in [0.3, 0.4) is 0 Å². The van der Waals surface area contributed by atoms with Crippen molar-refractivity contribution >= 4 is 5.91 Å². The second-order valence-electron chi connectivity index (χ2n) is 8.75. The molecule has 7 heteroatoms. The molecule has 2 atom stereocenters. The third-order valence-electron chi connectivity index (χ3n) is 6.35. The normalized spacial score (nSPS) is 20.0. The van der Waals surface area contributed by atoms with Gasteiger partial charge in [0.15, 0.2) is 0 Å². The number of piperidine rings is 1. The minimum absolute atomic E-state index is 0.0242. The van der Waals surface area contributed by atoms with Gasteiger partial charge < -0.3 is 13.9 Å². The molecule has 0 aliphatic carbocycles. The highest BCUT2D eigenvalue weighted by molar-refractivity contribution is 5.94. The van der Waals surface area contributed by atoms with Crippen molar-refractivity contribution in [2.24, 2.45) is 5.92 Å². The van der Waals surface area contributed by atoms with Crippen molar-refractivity contribution in [1.29, 1.82) is 0 Å². The largest absolute Gasteiger partial charge is 0.472 e. The number of rotatable bonds is 5. The third-order valence-corrected chi connectivity index (χ3v) is 6.35. The molecule has 5 rings (SSSR count).